The molecule has 0 N–H and O–H groups in total. The summed E-state index contributed by atoms with van der Waals surface area (Å²) in [6.07, 6.45) is 3.86. The lowest BCUT2D eigenvalue weighted by Gasteiger charge is -2.41. The lowest BCUT2D eigenvalue weighted by Crippen LogP contribution is -2.62. The lowest BCUT2D eigenvalue weighted by atomic mass is 10.2. The molecule has 24 nitrogen and oxygen atoms in total. The zero-order valence-corrected chi connectivity index (χ0v) is 55.4. The first kappa shape index (κ1) is 69.2. The maximum absolute atomic E-state index is 6.69. The molecule has 0 aliphatic rings. The van der Waals surface area contributed by atoms with Gasteiger partial charge in [-0.3, -0.25) is 0 Å². The third-order valence-electron chi connectivity index (χ3n) is 12.0. The Morgan fingerprint density at radius 3 is 0.603 bits per heavy atom. The first-order valence-electron chi connectivity index (χ1n) is 22.1. The number of hydrogen-bond acceptors (Lipinski definition) is 24. The van der Waals surface area contributed by atoms with Gasteiger partial charge in [-0.1, -0.05) is 57.7 Å². The molecule has 0 amide bonds. The van der Waals surface area contributed by atoms with Gasteiger partial charge in [0.15, 0.2) is 0 Å². The molecule has 34 heteroatoms. The van der Waals surface area contributed by atoms with Crippen LogP contribution in [-0.2, 0) is 104 Å². The molecule has 0 saturated heterocycles. The normalized spacial score (nSPS) is 14.9. The van der Waals surface area contributed by atoms with E-state index in [9.17, 15) is 0 Å². The summed E-state index contributed by atoms with van der Waals surface area (Å²) in [4.78, 5) is 0. The van der Waals surface area contributed by atoms with Gasteiger partial charge < -0.3 is 104 Å². The highest BCUT2D eigenvalue weighted by molar-refractivity contribution is 6.83. The minimum absolute atomic E-state index is 0.292. The van der Waals surface area contributed by atoms with Crippen LogP contribution in [0.4, 0.5) is 0 Å². The largest absolute Gasteiger partial charge is 0.669 e. The summed E-state index contributed by atoms with van der Waals surface area (Å²) in [5, 5.41) is 0. The van der Waals surface area contributed by atoms with Crippen LogP contribution < -0.4 is 0 Å². The van der Waals surface area contributed by atoms with E-state index in [-0.39, 0.29) is 0 Å². The molecule has 0 heterocycles. The predicted molar refractivity (Wildman–Crippen MR) is 270 cm³/mol. The van der Waals surface area contributed by atoms with Crippen LogP contribution in [-0.4, -0.2) is 216 Å². The molecule has 0 fully saturated rings. The van der Waals surface area contributed by atoms with Gasteiger partial charge in [-0.2, -0.15) is 0 Å². The van der Waals surface area contributed by atoms with Crippen molar-refractivity contribution in [1.82, 2.24) is 0 Å². The number of rotatable bonds is 44. The molecule has 1 unspecified atom stereocenters. The standard InChI is InChI=1S/C34H90O24Si10/c1-24-34(28-25-31-60(21,53-63(35-2,36-3)37-4)54-64(38-5,39-6)40-7)59(20,29-26-32-61(22,55-65(41-8,42-9)43-10)56-66(44-11,45-12)46-13)30-27-33-62(23,57-67(47-14,48-15)49-16)58-68(50-17,51-18)52-19/h34H,24-33H2,1-23H3. The van der Waals surface area contributed by atoms with Gasteiger partial charge in [0.1, 0.15) is 0 Å². The average molecular weight is 1160 g/mol. The molecule has 0 aromatic rings. The van der Waals surface area contributed by atoms with Gasteiger partial charge in [0.25, 0.3) is 0 Å². The van der Waals surface area contributed by atoms with E-state index in [0.29, 0.717) is 42.9 Å². The van der Waals surface area contributed by atoms with E-state index in [4.69, 9.17) is 104 Å². The van der Waals surface area contributed by atoms with Crippen LogP contribution in [0.1, 0.15) is 39.0 Å². The van der Waals surface area contributed by atoms with E-state index in [1.165, 1.54) is 128 Å². The molecule has 0 saturated carbocycles. The summed E-state index contributed by atoms with van der Waals surface area (Å²) >= 11 is 0. The second-order valence-corrected chi connectivity index (χ2v) is 47.7. The minimum Gasteiger partial charge on any atom is -0.370 e. The average Bonchev–Trinajstić information content (AvgIpc) is 3.36. The molecular weight excluding hydrogens is 1070 g/mol. The van der Waals surface area contributed by atoms with E-state index in [1.807, 2.05) is 19.6 Å². The Kier molecular flexibility index (Phi) is 32.5. The first-order valence-corrected chi connectivity index (χ1v) is 42.4. The third-order valence-corrected chi connectivity index (χ3v) is 46.8. The van der Waals surface area contributed by atoms with Crippen LogP contribution in [0.2, 0.25) is 61.9 Å². The van der Waals surface area contributed by atoms with Crippen molar-refractivity contribution in [3.8, 4) is 0 Å². The van der Waals surface area contributed by atoms with E-state index >= 15 is 0 Å². The molecule has 0 aliphatic carbocycles. The van der Waals surface area contributed by atoms with Crippen molar-refractivity contribution in [3.63, 3.8) is 0 Å². The Labute approximate surface area is 419 Å². The topological polar surface area (TPSA) is 222 Å². The molecule has 0 aliphatic heterocycles. The fourth-order valence-corrected chi connectivity index (χ4v) is 42.0. The summed E-state index contributed by atoms with van der Waals surface area (Å²) < 4.78 is 143. The molecule has 0 bridgehead atoms. The highest BCUT2D eigenvalue weighted by Gasteiger charge is 2.60. The quantitative estimate of drug-likeness (QED) is 0.0735. The summed E-state index contributed by atoms with van der Waals surface area (Å²) in [7, 11) is -7.57. The maximum atomic E-state index is 6.69. The van der Waals surface area contributed by atoms with Crippen LogP contribution >= 0.6 is 0 Å². The Morgan fingerprint density at radius 1 is 0.265 bits per heavy atom. The van der Waals surface area contributed by atoms with Gasteiger partial charge in [-0.05, 0) is 43.3 Å². The molecule has 0 aromatic carbocycles. The van der Waals surface area contributed by atoms with Gasteiger partial charge in [-0.15, -0.1) is 0 Å². The highest BCUT2D eigenvalue weighted by Crippen LogP contribution is 2.43. The fourth-order valence-electron chi connectivity index (χ4n) is 8.08. The van der Waals surface area contributed by atoms with Gasteiger partial charge in [0, 0.05) is 128 Å². The maximum Gasteiger partial charge on any atom is 0.669 e. The summed E-state index contributed by atoms with van der Waals surface area (Å²) in [6.45, 7) is 10.4. The Balaban J connectivity index is 7.49. The number of hydrogen-bond donors (Lipinski definition) is 0. The third kappa shape index (κ3) is 19.7. The molecule has 0 rings (SSSR count). The predicted octanol–water partition coefficient (Wildman–Crippen LogP) is 4.97. The van der Waals surface area contributed by atoms with Crippen LogP contribution in [0.25, 0.3) is 0 Å². The smallest absolute Gasteiger partial charge is 0.370 e. The van der Waals surface area contributed by atoms with Gasteiger partial charge in [0.05, 0.1) is 8.07 Å². The SMILES string of the molecule is CCC(CCC[Si](C)(O[Si](OC)(OC)OC)O[Si](OC)(OC)OC)[Si](C)(CCC[Si](C)(O[Si](OC)(OC)OC)O[Si](OC)(OC)OC)CCC[Si](C)(O[Si](OC)(OC)OC)O[Si](OC)(OC)OC. The van der Waals surface area contributed by atoms with Gasteiger partial charge in [0.2, 0.25) is 0 Å². The molecule has 0 spiro atoms. The van der Waals surface area contributed by atoms with Crippen molar-refractivity contribution >= 4 is 88.0 Å². The molecule has 1 atom stereocenters. The highest BCUT2D eigenvalue weighted by atomic mass is 28.5. The van der Waals surface area contributed by atoms with E-state index < -0.39 is 88.0 Å². The Hall–Kier alpha value is 1.21. The second-order valence-electron chi connectivity index (χ2n) is 16.0. The van der Waals surface area contributed by atoms with Crippen LogP contribution in [0.15, 0.2) is 0 Å². The first-order chi connectivity index (χ1) is 31.9. The summed E-state index contributed by atoms with van der Waals surface area (Å²) in [5.41, 5.74) is 0.292. The van der Waals surface area contributed by atoms with Crippen molar-refractivity contribution in [2.75, 3.05) is 128 Å². The molecule has 68 heavy (non-hydrogen) atoms. The van der Waals surface area contributed by atoms with Crippen molar-refractivity contribution in [2.45, 2.75) is 101 Å². The molecule has 0 radical (unpaired) electrons. The zero-order valence-electron chi connectivity index (χ0n) is 45.4. The van der Waals surface area contributed by atoms with Gasteiger partial charge in [-0.25, -0.2) is 0 Å². The summed E-state index contributed by atoms with van der Waals surface area (Å²) in [5.74, 6) is 0. The van der Waals surface area contributed by atoms with Crippen molar-refractivity contribution in [2.24, 2.45) is 0 Å². The minimum atomic E-state index is -3.65. The van der Waals surface area contributed by atoms with Gasteiger partial charge >= 0.3 is 80.0 Å². The lowest BCUT2D eigenvalue weighted by molar-refractivity contribution is 0.0131. The zero-order chi connectivity index (χ0) is 52.6. The van der Waals surface area contributed by atoms with E-state index in [1.54, 1.807) is 0 Å². The van der Waals surface area contributed by atoms with Crippen molar-refractivity contribution < 1.29 is 104 Å². The van der Waals surface area contributed by atoms with Crippen molar-refractivity contribution in [1.29, 1.82) is 0 Å². The van der Waals surface area contributed by atoms with Crippen molar-refractivity contribution in [3.05, 3.63) is 0 Å². The molecule has 410 valence electrons. The monoisotopic (exact) mass is 1160 g/mol. The molecule has 0 aromatic heterocycles. The summed E-state index contributed by atoms with van der Waals surface area (Å²) in [6, 6.07) is 3.23. The fraction of sp³-hybridized carbons (Fsp3) is 1.00. The van der Waals surface area contributed by atoms with Crippen LogP contribution in [0.3, 0.4) is 0 Å². The molecular formula is C34H90O24Si10. The van der Waals surface area contributed by atoms with Crippen LogP contribution in [0.5, 0.6) is 0 Å². The van der Waals surface area contributed by atoms with E-state index in [0.717, 1.165) is 24.9 Å². The Bertz CT molecular complexity index is 1160. The second kappa shape index (κ2) is 31.9. The Morgan fingerprint density at radius 2 is 0.441 bits per heavy atom. The van der Waals surface area contributed by atoms with E-state index in [2.05, 4.69) is 13.5 Å². The van der Waals surface area contributed by atoms with Crippen LogP contribution in [0, 0.1) is 0 Å².